The van der Waals surface area contributed by atoms with Gasteiger partial charge < -0.3 is 4.74 Å². The molecule has 0 bridgehead atoms. The maximum atomic E-state index is 12.8. The van der Waals surface area contributed by atoms with Gasteiger partial charge in [-0.05, 0) is 86.6 Å². The van der Waals surface area contributed by atoms with Crippen LogP contribution in [-0.2, 0) is 0 Å². The van der Waals surface area contributed by atoms with E-state index in [0.29, 0.717) is 45.1 Å². The van der Waals surface area contributed by atoms with E-state index < -0.39 is 0 Å². The lowest BCUT2D eigenvalue weighted by Gasteiger charge is -2.16. The van der Waals surface area contributed by atoms with Gasteiger partial charge in [-0.3, -0.25) is 19.2 Å². The van der Waals surface area contributed by atoms with Gasteiger partial charge in [0, 0.05) is 0 Å². The molecule has 4 amide bonds. The standard InChI is InChI=1S/C30H20N2O5/c1-17-3-13-23-25(15-17)29(35)31(27(23)33)19-5-9-21(10-6-19)37-22-11-7-20(8-12-22)32-28(34)24-14-4-18(2)16-26(24)30(32)36/h3-16H,1-2H3. The summed E-state index contributed by atoms with van der Waals surface area (Å²) in [7, 11) is 0. The normalized spacial score (nSPS) is 14.3. The van der Waals surface area contributed by atoms with E-state index in [4.69, 9.17) is 4.74 Å². The van der Waals surface area contributed by atoms with Gasteiger partial charge in [-0.2, -0.15) is 0 Å². The van der Waals surface area contributed by atoms with E-state index in [1.165, 1.54) is 0 Å². The van der Waals surface area contributed by atoms with Crippen LogP contribution in [0.25, 0.3) is 0 Å². The Morgan fingerprint density at radius 2 is 0.811 bits per heavy atom. The summed E-state index contributed by atoms with van der Waals surface area (Å²) in [6.45, 7) is 3.75. The molecular weight excluding hydrogens is 468 g/mol. The number of amides is 4. The van der Waals surface area contributed by atoms with Crippen LogP contribution >= 0.6 is 0 Å². The summed E-state index contributed by atoms with van der Waals surface area (Å²) < 4.78 is 5.90. The Kier molecular flexibility index (Phi) is 5.01. The zero-order chi connectivity index (χ0) is 25.8. The maximum Gasteiger partial charge on any atom is 0.266 e. The molecule has 0 atom stereocenters. The number of carbonyl (C=O) groups excluding carboxylic acids is 4. The Bertz CT molecular complexity index is 1520. The lowest BCUT2D eigenvalue weighted by atomic mass is 10.1. The Morgan fingerprint density at radius 3 is 1.19 bits per heavy atom. The van der Waals surface area contributed by atoms with Gasteiger partial charge in [0.2, 0.25) is 0 Å². The molecule has 0 spiro atoms. The Balaban J connectivity index is 1.18. The Hall–Kier alpha value is -5.04. The van der Waals surface area contributed by atoms with Gasteiger partial charge in [0.05, 0.1) is 33.6 Å². The first kappa shape index (κ1) is 22.4. The lowest BCUT2D eigenvalue weighted by molar-refractivity contribution is 0.0910. The SMILES string of the molecule is Cc1ccc2c(c1)C(=O)N(c1ccc(Oc3ccc(N4C(=O)c5ccc(C)cc5C4=O)cc3)cc1)C2=O. The summed E-state index contributed by atoms with van der Waals surface area (Å²) in [6.07, 6.45) is 0. The molecule has 2 aliphatic heterocycles. The van der Waals surface area contributed by atoms with Crippen LogP contribution in [0, 0.1) is 13.8 Å². The molecular formula is C30H20N2O5. The highest BCUT2D eigenvalue weighted by atomic mass is 16.5. The van der Waals surface area contributed by atoms with E-state index >= 15 is 0 Å². The zero-order valence-electron chi connectivity index (χ0n) is 20.0. The number of fused-ring (bicyclic) bond motifs is 2. The van der Waals surface area contributed by atoms with Crippen molar-refractivity contribution in [2.75, 3.05) is 9.80 Å². The molecule has 0 N–H and O–H groups in total. The van der Waals surface area contributed by atoms with Crippen molar-refractivity contribution < 1.29 is 23.9 Å². The van der Waals surface area contributed by atoms with Crippen molar-refractivity contribution in [2.45, 2.75) is 13.8 Å². The van der Waals surface area contributed by atoms with Gasteiger partial charge in [0.1, 0.15) is 11.5 Å². The summed E-state index contributed by atoms with van der Waals surface area (Å²) in [5, 5.41) is 0. The molecule has 0 fully saturated rings. The van der Waals surface area contributed by atoms with Crippen molar-refractivity contribution in [3.63, 3.8) is 0 Å². The molecule has 4 aromatic carbocycles. The fraction of sp³-hybridized carbons (Fsp3) is 0.0667. The zero-order valence-corrected chi connectivity index (χ0v) is 20.0. The molecule has 7 heteroatoms. The van der Waals surface area contributed by atoms with E-state index in [1.807, 2.05) is 26.0 Å². The van der Waals surface area contributed by atoms with E-state index in [0.717, 1.165) is 20.9 Å². The molecule has 180 valence electrons. The number of imide groups is 2. The van der Waals surface area contributed by atoms with Crippen LogP contribution in [-0.4, -0.2) is 23.6 Å². The third-order valence-corrected chi connectivity index (χ3v) is 6.51. The molecule has 2 heterocycles. The topological polar surface area (TPSA) is 84.0 Å². The lowest BCUT2D eigenvalue weighted by Crippen LogP contribution is -2.29. The summed E-state index contributed by atoms with van der Waals surface area (Å²) in [5.41, 5.74) is 4.31. The van der Waals surface area contributed by atoms with Crippen LogP contribution in [0.1, 0.15) is 52.6 Å². The van der Waals surface area contributed by atoms with Crippen LogP contribution in [0.3, 0.4) is 0 Å². The number of anilines is 2. The highest BCUT2D eigenvalue weighted by Gasteiger charge is 2.37. The predicted molar refractivity (Wildman–Crippen MR) is 138 cm³/mol. The average molecular weight is 488 g/mol. The van der Waals surface area contributed by atoms with Crippen molar-refractivity contribution >= 4 is 35.0 Å². The highest BCUT2D eigenvalue weighted by Crippen LogP contribution is 2.33. The summed E-state index contributed by atoms with van der Waals surface area (Å²) in [4.78, 5) is 53.6. The Morgan fingerprint density at radius 1 is 0.459 bits per heavy atom. The third kappa shape index (κ3) is 3.60. The second kappa shape index (κ2) is 8.27. The summed E-state index contributed by atoms with van der Waals surface area (Å²) in [6, 6.07) is 23.7. The summed E-state index contributed by atoms with van der Waals surface area (Å²) in [5.74, 6) is -0.409. The van der Waals surface area contributed by atoms with Crippen molar-refractivity contribution in [1.29, 1.82) is 0 Å². The second-order valence-corrected chi connectivity index (χ2v) is 9.08. The minimum absolute atomic E-state index is 0.351. The van der Waals surface area contributed by atoms with Crippen LogP contribution in [0.2, 0.25) is 0 Å². The first-order valence-corrected chi connectivity index (χ1v) is 11.7. The minimum atomic E-state index is -0.354. The number of nitrogens with zero attached hydrogens (tertiary/aromatic N) is 2. The molecule has 0 aliphatic carbocycles. The molecule has 0 saturated carbocycles. The van der Waals surface area contributed by atoms with Crippen molar-refractivity contribution in [3.8, 4) is 11.5 Å². The number of hydrogen-bond donors (Lipinski definition) is 0. The van der Waals surface area contributed by atoms with E-state index in [1.54, 1.807) is 72.8 Å². The number of carbonyl (C=O) groups is 4. The molecule has 7 nitrogen and oxygen atoms in total. The molecule has 0 saturated heterocycles. The molecule has 0 aromatic heterocycles. The van der Waals surface area contributed by atoms with Gasteiger partial charge in [0.15, 0.2) is 0 Å². The smallest absolute Gasteiger partial charge is 0.266 e. The Labute approximate surface area is 212 Å². The quantitative estimate of drug-likeness (QED) is 0.344. The average Bonchev–Trinajstić information content (AvgIpc) is 3.28. The van der Waals surface area contributed by atoms with Gasteiger partial charge in [-0.15, -0.1) is 0 Å². The number of benzene rings is 4. The van der Waals surface area contributed by atoms with Gasteiger partial charge in [-0.1, -0.05) is 23.3 Å². The molecule has 2 aliphatic rings. The fourth-order valence-electron chi connectivity index (χ4n) is 4.64. The maximum absolute atomic E-state index is 12.8. The van der Waals surface area contributed by atoms with E-state index in [-0.39, 0.29) is 23.6 Å². The molecule has 0 unspecified atom stereocenters. The van der Waals surface area contributed by atoms with Gasteiger partial charge in [0.25, 0.3) is 23.6 Å². The molecule has 37 heavy (non-hydrogen) atoms. The van der Waals surface area contributed by atoms with E-state index in [9.17, 15) is 19.2 Å². The van der Waals surface area contributed by atoms with Crippen LogP contribution in [0.4, 0.5) is 11.4 Å². The third-order valence-electron chi connectivity index (χ3n) is 6.51. The number of hydrogen-bond acceptors (Lipinski definition) is 5. The monoisotopic (exact) mass is 488 g/mol. The molecule has 0 radical (unpaired) electrons. The molecule has 6 rings (SSSR count). The second-order valence-electron chi connectivity index (χ2n) is 9.08. The van der Waals surface area contributed by atoms with Crippen LogP contribution in [0.15, 0.2) is 84.9 Å². The number of aryl methyl sites for hydroxylation is 2. The number of ether oxygens (including phenoxy) is 1. The van der Waals surface area contributed by atoms with Crippen molar-refractivity contribution in [1.82, 2.24) is 0 Å². The van der Waals surface area contributed by atoms with Crippen LogP contribution < -0.4 is 14.5 Å². The molecule has 4 aromatic rings. The number of rotatable bonds is 4. The fourth-order valence-corrected chi connectivity index (χ4v) is 4.64. The van der Waals surface area contributed by atoms with Crippen molar-refractivity contribution in [2.24, 2.45) is 0 Å². The minimum Gasteiger partial charge on any atom is -0.457 e. The van der Waals surface area contributed by atoms with Crippen molar-refractivity contribution in [3.05, 3.63) is 118 Å². The largest absolute Gasteiger partial charge is 0.457 e. The first-order chi connectivity index (χ1) is 17.8. The summed E-state index contributed by atoms with van der Waals surface area (Å²) >= 11 is 0. The highest BCUT2D eigenvalue weighted by molar-refractivity contribution is 6.35. The van der Waals surface area contributed by atoms with Crippen LogP contribution in [0.5, 0.6) is 11.5 Å². The van der Waals surface area contributed by atoms with Gasteiger partial charge in [-0.25, -0.2) is 9.80 Å². The first-order valence-electron chi connectivity index (χ1n) is 11.7. The van der Waals surface area contributed by atoms with Gasteiger partial charge >= 0.3 is 0 Å². The van der Waals surface area contributed by atoms with E-state index in [2.05, 4.69) is 0 Å². The predicted octanol–water partition coefficient (Wildman–Crippen LogP) is 5.70.